The first-order valence-corrected chi connectivity index (χ1v) is 7.07. The van der Waals surface area contributed by atoms with Crippen molar-refractivity contribution >= 4 is 21.6 Å². The van der Waals surface area contributed by atoms with Crippen molar-refractivity contribution in [3.63, 3.8) is 0 Å². The molecule has 2 rings (SSSR count). The fourth-order valence-corrected chi connectivity index (χ4v) is 3.52. The summed E-state index contributed by atoms with van der Waals surface area (Å²) in [5, 5.41) is 24.6. The zero-order valence-electron chi connectivity index (χ0n) is 8.51. The van der Waals surface area contributed by atoms with E-state index in [9.17, 15) is 10.4 Å². The molecule has 86 valence electrons. The van der Waals surface area contributed by atoms with Crippen molar-refractivity contribution in [1.29, 1.82) is 0 Å². The molecule has 16 heavy (non-hydrogen) atoms. The molecular formula is C10H12N2O2S2. The normalized spacial score (nSPS) is 28.9. The summed E-state index contributed by atoms with van der Waals surface area (Å²) in [6.45, 7) is 0.929. The van der Waals surface area contributed by atoms with Gasteiger partial charge in [-0.25, -0.2) is 0 Å². The smallest absolute Gasteiger partial charge is 0.177 e. The highest BCUT2D eigenvalue weighted by molar-refractivity contribution is 8.79. The SMILES string of the molecule is [O-][NH+]1CC=CC=C1SSC1=CC=CC[NH+]1[O-]. The molecule has 0 aromatic heterocycles. The predicted octanol–water partition coefficient (Wildman–Crippen LogP) is -0.0444. The molecule has 0 amide bonds. The van der Waals surface area contributed by atoms with E-state index in [4.69, 9.17) is 0 Å². The van der Waals surface area contributed by atoms with E-state index in [0.717, 1.165) is 10.1 Å². The van der Waals surface area contributed by atoms with Crippen LogP contribution in [-0.4, -0.2) is 13.1 Å². The fourth-order valence-electron chi connectivity index (χ4n) is 1.29. The van der Waals surface area contributed by atoms with Gasteiger partial charge in [0.2, 0.25) is 0 Å². The molecule has 6 heteroatoms. The van der Waals surface area contributed by atoms with Crippen molar-refractivity contribution < 1.29 is 10.1 Å². The summed E-state index contributed by atoms with van der Waals surface area (Å²) in [4.78, 5) is 0. The summed E-state index contributed by atoms with van der Waals surface area (Å²) in [6.07, 6.45) is 11.0. The van der Waals surface area contributed by atoms with Crippen molar-refractivity contribution in [2.75, 3.05) is 13.1 Å². The molecule has 2 aliphatic rings. The molecule has 0 saturated carbocycles. The highest BCUT2D eigenvalue weighted by Gasteiger charge is 2.15. The Bertz CT molecular complexity index is 341. The lowest BCUT2D eigenvalue weighted by molar-refractivity contribution is -0.791. The van der Waals surface area contributed by atoms with E-state index in [1.807, 2.05) is 24.3 Å². The average Bonchev–Trinajstić information content (AvgIpc) is 2.30. The van der Waals surface area contributed by atoms with Gasteiger partial charge in [0.15, 0.2) is 10.1 Å². The van der Waals surface area contributed by atoms with Gasteiger partial charge in [0.1, 0.15) is 13.1 Å². The second-order valence-corrected chi connectivity index (χ2v) is 5.55. The van der Waals surface area contributed by atoms with Gasteiger partial charge in [0.25, 0.3) is 0 Å². The second kappa shape index (κ2) is 5.72. The molecule has 2 aliphatic heterocycles. The Labute approximate surface area is 102 Å². The largest absolute Gasteiger partial charge is 0.628 e. The lowest BCUT2D eigenvalue weighted by Gasteiger charge is -2.26. The maximum atomic E-state index is 11.5. The van der Waals surface area contributed by atoms with Crippen LogP contribution in [0.2, 0.25) is 0 Å². The minimum atomic E-state index is 0.124. The third-order valence-corrected chi connectivity index (χ3v) is 4.64. The zero-order chi connectivity index (χ0) is 11.4. The van der Waals surface area contributed by atoms with E-state index in [1.165, 1.54) is 21.6 Å². The molecular weight excluding hydrogens is 244 g/mol. The quantitative estimate of drug-likeness (QED) is 0.549. The van der Waals surface area contributed by atoms with Crippen molar-refractivity contribution in [2.45, 2.75) is 0 Å². The Morgan fingerprint density at radius 1 is 0.875 bits per heavy atom. The topological polar surface area (TPSA) is 55.0 Å². The molecule has 2 heterocycles. The molecule has 0 bridgehead atoms. The number of allylic oxidation sites excluding steroid dienone is 4. The van der Waals surface area contributed by atoms with Gasteiger partial charge in [0.05, 0.1) is 0 Å². The summed E-state index contributed by atoms with van der Waals surface area (Å²) in [5.41, 5.74) is 0. The van der Waals surface area contributed by atoms with E-state index in [0.29, 0.717) is 13.1 Å². The van der Waals surface area contributed by atoms with Crippen LogP contribution in [0.4, 0.5) is 0 Å². The number of hydrogen-bond donors (Lipinski definition) is 2. The van der Waals surface area contributed by atoms with Gasteiger partial charge in [-0.1, -0.05) is 12.2 Å². The predicted molar refractivity (Wildman–Crippen MR) is 68.0 cm³/mol. The Morgan fingerprint density at radius 2 is 1.31 bits per heavy atom. The van der Waals surface area contributed by atoms with Crippen LogP contribution in [0.25, 0.3) is 0 Å². The lowest BCUT2D eigenvalue weighted by atomic mass is 10.4. The van der Waals surface area contributed by atoms with Crippen molar-refractivity contribution in [3.05, 3.63) is 56.9 Å². The lowest BCUT2D eigenvalue weighted by Crippen LogP contribution is -3.05. The number of quaternary nitrogens is 2. The van der Waals surface area contributed by atoms with Crippen molar-refractivity contribution in [1.82, 2.24) is 0 Å². The molecule has 0 fully saturated rings. The van der Waals surface area contributed by atoms with Gasteiger partial charge in [-0.3, -0.25) is 0 Å². The van der Waals surface area contributed by atoms with Crippen molar-refractivity contribution in [3.8, 4) is 0 Å². The molecule has 2 N–H and O–H groups in total. The van der Waals surface area contributed by atoms with Gasteiger partial charge in [-0.2, -0.15) is 0 Å². The third-order valence-electron chi connectivity index (χ3n) is 2.14. The van der Waals surface area contributed by atoms with E-state index < -0.39 is 0 Å². The van der Waals surface area contributed by atoms with Gasteiger partial charge in [-0.05, 0) is 12.2 Å². The van der Waals surface area contributed by atoms with Gasteiger partial charge < -0.3 is 20.5 Å². The first-order chi connectivity index (χ1) is 7.77. The molecule has 0 aliphatic carbocycles. The molecule has 2 unspecified atom stereocenters. The Morgan fingerprint density at radius 3 is 1.69 bits per heavy atom. The van der Waals surface area contributed by atoms with Crippen LogP contribution in [0, 0.1) is 10.4 Å². The van der Waals surface area contributed by atoms with Crippen LogP contribution in [-0.2, 0) is 0 Å². The number of hydrogen-bond acceptors (Lipinski definition) is 4. The van der Waals surface area contributed by atoms with E-state index in [-0.39, 0.29) is 10.1 Å². The van der Waals surface area contributed by atoms with E-state index in [2.05, 4.69) is 0 Å². The van der Waals surface area contributed by atoms with Crippen LogP contribution in [0.15, 0.2) is 46.5 Å². The Kier molecular flexibility index (Phi) is 4.28. The first-order valence-electron chi connectivity index (χ1n) is 4.92. The van der Waals surface area contributed by atoms with Crippen LogP contribution >= 0.6 is 21.6 Å². The second-order valence-electron chi connectivity index (χ2n) is 3.34. The van der Waals surface area contributed by atoms with Crippen LogP contribution in [0.1, 0.15) is 0 Å². The summed E-state index contributed by atoms with van der Waals surface area (Å²) >= 11 is 0. The first kappa shape index (κ1) is 12.0. The molecule has 4 nitrogen and oxygen atoms in total. The van der Waals surface area contributed by atoms with Gasteiger partial charge >= 0.3 is 0 Å². The average molecular weight is 256 g/mol. The molecule has 0 saturated heterocycles. The minimum Gasteiger partial charge on any atom is -0.628 e. The third kappa shape index (κ3) is 3.00. The van der Waals surface area contributed by atoms with Crippen LogP contribution < -0.4 is 10.1 Å². The molecule has 0 radical (unpaired) electrons. The molecule has 0 aromatic carbocycles. The van der Waals surface area contributed by atoms with Gasteiger partial charge in [-0.15, -0.1) is 0 Å². The van der Waals surface area contributed by atoms with Crippen molar-refractivity contribution in [2.24, 2.45) is 0 Å². The summed E-state index contributed by atoms with van der Waals surface area (Å²) in [6, 6.07) is 0. The van der Waals surface area contributed by atoms with E-state index in [1.54, 1.807) is 12.2 Å². The number of hydroxylamine groups is 4. The van der Waals surface area contributed by atoms with E-state index >= 15 is 0 Å². The highest BCUT2D eigenvalue weighted by atomic mass is 33.1. The number of nitrogens with one attached hydrogen (secondary N) is 2. The highest BCUT2D eigenvalue weighted by Crippen LogP contribution is 2.31. The molecule has 0 spiro atoms. The monoisotopic (exact) mass is 256 g/mol. The summed E-state index contributed by atoms with van der Waals surface area (Å²) in [5.74, 6) is 0. The minimum absolute atomic E-state index is 0.124. The summed E-state index contributed by atoms with van der Waals surface area (Å²) in [7, 11) is 2.74. The fraction of sp³-hybridized carbons (Fsp3) is 0.200. The number of rotatable bonds is 3. The maximum absolute atomic E-state index is 11.5. The molecule has 2 atom stereocenters. The Hall–Kier alpha value is -0.500. The standard InChI is InChI=1S/C10H12N2O2S2/c13-11-7-3-1-5-9(11)15-16-10-6-2-4-8-12(10)14/h1-6,11-12H,7-8H2. The maximum Gasteiger partial charge on any atom is 0.177 e. The van der Waals surface area contributed by atoms with Crippen LogP contribution in [0.5, 0.6) is 0 Å². The van der Waals surface area contributed by atoms with Gasteiger partial charge in [0, 0.05) is 33.7 Å². The Balaban J connectivity index is 1.92. The summed E-state index contributed by atoms with van der Waals surface area (Å²) < 4.78 is 0. The van der Waals surface area contributed by atoms with Crippen LogP contribution in [0.3, 0.4) is 0 Å². The zero-order valence-corrected chi connectivity index (χ0v) is 10.1. The molecule has 0 aromatic rings.